The third kappa shape index (κ3) is 4.32. The van der Waals surface area contributed by atoms with Gasteiger partial charge in [0.15, 0.2) is 0 Å². The smallest absolute Gasteiger partial charge is 0.348 e. The molecule has 3 aromatic rings. The molecule has 1 aromatic carbocycles. The highest BCUT2D eigenvalue weighted by Crippen LogP contribution is 2.30. The van der Waals surface area contributed by atoms with E-state index in [1.807, 2.05) is 43.3 Å². The summed E-state index contributed by atoms with van der Waals surface area (Å²) in [7, 11) is -1.96. The molecule has 0 amide bonds. The molecule has 0 saturated carbocycles. The Balaban J connectivity index is 2.14. The summed E-state index contributed by atoms with van der Waals surface area (Å²) in [5.74, 6) is 1.13. The van der Waals surface area contributed by atoms with E-state index >= 15 is 0 Å². The maximum Gasteiger partial charge on any atom is 0.348 e. The number of nitrogens with zero attached hydrogens (tertiary/aromatic N) is 2. The van der Waals surface area contributed by atoms with Gasteiger partial charge in [0.2, 0.25) is 0 Å². The third-order valence-corrected chi connectivity index (χ3v) is 10.1. The molecule has 0 spiro atoms. The first kappa shape index (κ1) is 21.0. The topological polar surface area (TPSA) is 64.7 Å². The van der Waals surface area contributed by atoms with Crippen molar-refractivity contribution in [3.05, 3.63) is 64.3 Å². The van der Waals surface area contributed by atoms with Crippen molar-refractivity contribution in [2.24, 2.45) is 4.99 Å². The minimum Gasteiger partial charge on any atom is -0.543 e. The third-order valence-electron chi connectivity index (χ3n) is 5.56. The number of aromatic nitrogens is 1. The van der Waals surface area contributed by atoms with Gasteiger partial charge in [-0.3, -0.25) is 9.98 Å². The summed E-state index contributed by atoms with van der Waals surface area (Å²) < 4.78 is 12.0. The molecule has 5 nitrogen and oxygen atoms in total. The fraction of sp³-hybridized carbons (Fsp3) is 0.348. The van der Waals surface area contributed by atoms with Crippen LogP contribution in [0, 0.1) is 6.92 Å². The fourth-order valence-corrected chi connectivity index (χ4v) is 6.17. The summed E-state index contributed by atoms with van der Waals surface area (Å²) in [5.41, 5.74) is 2.07. The quantitative estimate of drug-likeness (QED) is 0.354. The lowest BCUT2D eigenvalue weighted by Crippen LogP contribution is -2.40. The standard InChI is InChI=1S/C23H28N2O3Si/c1-6-29(7-2,8-3)28-20-15-16(4)27-23(26)21(20)17(5)25-19-13-9-11-18-12-10-14-24-22(18)19/h9-15H,6-8H2,1-5H3. The van der Waals surface area contributed by atoms with Crippen LogP contribution in [0.3, 0.4) is 0 Å². The monoisotopic (exact) mass is 408 g/mol. The van der Waals surface area contributed by atoms with Gasteiger partial charge in [0.25, 0.3) is 8.32 Å². The van der Waals surface area contributed by atoms with Gasteiger partial charge in [-0.15, -0.1) is 0 Å². The minimum atomic E-state index is -1.96. The Morgan fingerprint density at radius 1 is 1.14 bits per heavy atom. The molecule has 0 aliphatic rings. The van der Waals surface area contributed by atoms with E-state index in [0.717, 1.165) is 34.7 Å². The van der Waals surface area contributed by atoms with Gasteiger partial charge >= 0.3 is 5.63 Å². The number of aliphatic imine (C=N–C) groups is 1. The van der Waals surface area contributed by atoms with E-state index in [0.29, 0.717) is 22.8 Å². The highest BCUT2D eigenvalue weighted by molar-refractivity contribution is 6.74. The van der Waals surface area contributed by atoms with Gasteiger partial charge in [-0.1, -0.05) is 39.0 Å². The van der Waals surface area contributed by atoms with Gasteiger partial charge in [0, 0.05) is 17.6 Å². The summed E-state index contributed by atoms with van der Waals surface area (Å²) in [6.45, 7) is 10.1. The molecule has 0 bridgehead atoms. The van der Waals surface area contributed by atoms with Crippen molar-refractivity contribution in [3.63, 3.8) is 0 Å². The molecule has 0 radical (unpaired) electrons. The van der Waals surface area contributed by atoms with Crippen molar-refractivity contribution >= 4 is 30.6 Å². The summed E-state index contributed by atoms with van der Waals surface area (Å²) in [5, 5.41) is 1.00. The number of rotatable bonds is 7. The van der Waals surface area contributed by atoms with Gasteiger partial charge in [0.05, 0.1) is 16.9 Å². The van der Waals surface area contributed by atoms with Crippen LogP contribution in [0.2, 0.25) is 18.1 Å². The average molecular weight is 409 g/mol. The van der Waals surface area contributed by atoms with Crippen molar-refractivity contribution in [2.75, 3.05) is 0 Å². The second-order valence-corrected chi connectivity index (χ2v) is 12.0. The number of fused-ring (bicyclic) bond motifs is 1. The molecule has 0 fully saturated rings. The molecule has 0 atom stereocenters. The van der Waals surface area contributed by atoms with E-state index in [9.17, 15) is 4.79 Å². The predicted molar refractivity (Wildman–Crippen MR) is 121 cm³/mol. The Bertz CT molecular complexity index is 1090. The Labute approximate surface area is 172 Å². The number of para-hydroxylation sites is 1. The molecule has 0 unspecified atom stereocenters. The number of hydrogen-bond acceptors (Lipinski definition) is 5. The lowest BCUT2D eigenvalue weighted by atomic mass is 10.1. The second-order valence-electron chi connectivity index (χ2n) is 7.28. The van der Waals surface area contributed by atoms with Gasteiger partial charge in [0.1, 0.15) is 17.1 Å². The largest absolute Gasteiger partial charge is 0.543 e. The average Bonchev–Trinajstić information content (AvgIpc) is 2.72. The molecular formula is C23H28N2O3Si. The van der Waals surface area contributed by atoms with Crippen LogP contribution in [-0.4, -0.2) is 19.0 Å². The first-order chi connectivity index (χ1) is 13.9. The van der Waals surface area contributed by atoms with Crippen molar-refractivity contribution in [2.45, 2.75) is 52.8 Å². The normalized spacial score (nSPS) is 12.4. The molecule has 3 rings (SSSR count). The molecular weight excluding hydrogens is 380 g/mol. The summed E-state index contributed by atoms with van der Waals surface area (Å²) in [6, 6.07) is 14.5. The number of benzene rings is 1. The highest BCUT2D eigenvalue weighted by atomic mass is 28.4. The highest BCUT2D eigenvalue weighted by Gasteiger charge is 2.32. The lowest BCUT2D eigenvalue weighted by Gasteiger charge is -2.29. The van der Waals surface area contributed by atoms with Gasteiger partial charge in [-0.25, -0.2) is 4.79 Å². The zero-order chi connectivity index (χ0) is 21.0. The molecule has 0 aliphatic carbocycles. The van der Waals surface area contributed by atoms with Crippen molar-refractivity contribution in [1.82, 2.24) is 4.98 Å². The van der Waals surface area contributed by atoms with E-state index in [-0.39, 0.29) is 0 Å². The number of hydrogen-bond donors (Lipinski definition) is 0. The van der Waals surface area contributed by atoms with Gasteiger partial charge < -0.3 is 8.84 Å². The second kappa shape index (κ2) is 8.74. The van der Waals surface area contributed by atoms with Crippen LogP contribution in [0.4, 0.5) is 5.69 Å². The van der Waals surface area contributed by atoms with Crippen LogP contribution in [0.25, 0.3) is 10.9 Å². The molecule has 2 heterocycles. The Morgan fingerprint density at radius 2 is 1.83 bits per heavy atom. The van der Waals surface area contributed by atoms with Crippen molar-refractivity contribution < 1.29 is 8.84 Å². The summed E-state index contributed by atoms with van der Waals surface area (Å²) >= 11 is 0. The van der Waals surface area contributed by atoms with Crippen LogP contribution in [-0.2, 0) is 0 Å². The van der Waals surface area contributed by atoms with Crippen molar-refractivity contribution in [1.29, 1.82) is 0 Å². The van der Waals surface area contributed by atoms with Crippen LogP contribution >= 0.6 is 0 Å². The number of pyridine rings is 1. The van der Waals surface area contributed by atoms with Gasteiger partial charge in [-0.2, -0.15) is 0 Å². The van der Waals surface area contributed by atoms with Crippen LogP contribution < -0.4 is 10.1 Å². The Hall–Kier alpha value is -2.73. The molecule has 152 valence electrons. The summed E-state index contributed by atoms with van der Waals surface area (Å²) in [4.78, 5) is 22.0. The predicted octanol–water partition coefficient (Wildman–Crippen LogP) is 6.02. The zero-order valence-corrected chi connectivity index (χ0v) is 18.8. The van der Waals surface area contributed by atoms with Crippen molar-refractivity contribution in [3.8, 4) is 5.75 Å². The molecule has 0 aliphatic heterocycles. The van der Waals surface area contributed by atoms with Crippen LogP contribution in [0.5, 0.6) is 5.75 Å². The van der Waals surface area contributed by atoms with E-state index < -0.39 is 13.9 Å². The van der Waals surface area contributed by atoms with E-state index in [2.05, 4.69) is 25.8 Å². The summed E-state index contributed by atoms with van der Waals surface area (Å²) in [6.07, 6.45) is 1.75. The fourth-order valence-electron chi connectivity index (χ4n) is 3.61. The molecule has 0 N–H and O–H groups in total. The van der Waals surface area contributed by atoms with E-state index in [1.54, 1.807) is 13.1 Å². The molecule has 0 saturated heterocycles. The molecule has 6 heteroatoms. The SMILES string of the molecule is CC[Si](CC)(CC)Oc1cc(C)oc(=O)c1C(C)=Nc1cccc2cccnc12. The maximum absolute atomic E-state index is 12.8. The first-order valence-corrected chi connectivity index (χ1v) is 12.7. The van der Waals surface area contributed by atoms with E-state index in [1.165, 1.54) is 0 Å². The van der Waals surface area contributed by atoms with Crippen LogP contribution in [0.15, 0.2) is 56.8 Å². The van der Waals surface area contributed by atoms with E-state index in [4.69, 9.17) is 13.8 Å². The molecule has 29 heavy (non-hydrogen) atoms. The lowest BCUT2D eigenvalue weighted by molar-refractivity contribution is 0.456. The Morgan fingerprint density at radius 3 is 2.52 bits per heavy atom. The Kier molecular flexibility index (Phi) is 6.32. The number of aryl methyl sites for hydroxylation is 1. The van der Waals surface area contributed by atoms with Crippen LogP contribution in [0.1, 0.15) is 39.0 Å². The minimum absolute atomic E-state index is 0.399. The zero-order valence-electron chi connectivity index (χ0n) is 17.8. The van der Waals surface area contributed by atoms with Gasteiger partial charge in [-0.05, 0) is 44.1 Å². The maximum atomic E-state index is 12.8. The first-order valence-electron chi connectivity index (χ1n) is 10.2. The molecule has 2 aromatic heterocycles.